The lowest BCUT2D eigenvalue weighted by Gasteiger charge is -2.21. The van der Waals surface area contributed by atoms with Crippen molar-refractivity contribution < 1.29 is 4.74 Å². The number of hydrogen-bond donors (Lipinski definition) is 0. The second-order valence-corrected chi connectivity index (χ2v) is 12.9. The molecule has 0 amide bonds. The fourth-order valence-corrected chi connectivity index (χ4v) is 6.09. The molecule has 0 aliphatic carbocycles. The molecule has 0 saturated carbocycles. The summed E-state index contributed by atoms with van der Waals surface area (Å²) in [7, 11) is 2.12. The van der Waals surface area contributed by atoms with Crippen molar-refractivity contribution in [2.75, 3.05) is 18.6 Å². The molecule has 0 bridgehead atoms. The first kappa shape index (κ1) is 28.5. The minimum Gasteiger partial charge on any atom is -0.457 e. The van der Waals surface area contributed by atoms with Crippen molar-refractivity contribution in [3.63, 3.8) is 0 Å². The van der Waals surface area contributed by atoms with E-state index in [0.717, 1.165) is 51.8 Å². The Morgan fingerprint density at radius 2 is 1.51 bits per heavy atom. The van der Waals surface area contributed by atoms with E-state index in [1.165, 1.54) is 33.6 Å². The number of hydrogen-bond acceptors (Lipinski definition) is 5. The van der Waals surface area contributed by atoms with Crippen LogP contribution in [0.25, 0.3) is 28.0 Å². The van der Waals surface area contributed by atoms with Crippen LogP contribution in [0.5, 0.6) is 11.5 Å². The Balaban J connectivity index is 1.46. The monoisotopic (exact) mass is 571 g/mol. The lowest BCUT2D eigenvalue weighted by molar-refractivity contribution is 0.459. The third-order valence-electron chi connectivity index (χ3n) is 8.61. The van der Waals surface area contributed by atoms with E-state index in [4.69, 9.17) is 14.8 Å². The number of aromatic nitrogens is 3. The summed E-state index contributed by atoms with van der Waals surface area (Å²) in [5, 5.41) is 6.29. The summed E-state index contributed by atoms with van der Waals surface area (Å²) in [5.41, 5.74) is 11.6. The van der Waals surface area contributed by atoms with Crippen LogP contribution in [0.4, 0.5) is 5.69 Å². The first-order chi connectivity index (χ1) is 20.4. The largest absolute Gasteiger partial charge is 0.457 e. The van der Waals surface area contributed by atoms with Gasteiger partial charge in [0, 0.05) is 53.4 Å². The summed E-state index contributed by atoms with van der Waals surface area (Å²) in [5.74, 6) is 2.34. The van der Waals surface area contributed by atoms with Crippen molar-refractivity contribution in [3.05, 3.63) is 107 Å². The average molecular weight is 572 g/mol. The lowest BCUT2D eigenvalue weighted by atomic mass is 9.88. The molecule has 6 rings (SSSR count). The number of fused-ring (bicyclic) bond motifs is 1. The van der Waals surface area contributed by atoms with E-state index < -0.39 is 0 Å². The highest BCUT2D eigenvalue weighted by Crippen LogP contribution is 2.38. The van der Waals surface area contributed by atoms with Crippen LogP contribution in [0.1, 0.15) is 56.9 Å². The number of allylic oxidation sites excluding steroid dienone is 2. The molecule has 6 nitrogen and oxygen atoms in total. The number of ether oxygens (including phenoxy) is 1. The summed E-state index contributed by atoms with van der Waals surface area (Å²) in [6.07, 6.45) is 1.88. The number of pyridine rings is 1. The Labute approximate surface area is 255 Å². The van der Waals surface area contributed by atoms with Gasteiger partial charge in [0.2, 0.25) is 0 Å². The van der Waals surface area contributed by atoms with Crippen LogP contribution in [0.2, 0.25) is 0 Å². The highest BCUT2D eigenvalue weighted by atomic mass is 16.5. The van der Waals surface area contributed by atoms with Gasteiger partial charge in [-0.3, -0.25) is 0 Å². The predicted molar refractivity (Wildman–Crippen MR) is 177 cm³/mol. The number of aryl methyl sites for hydroxylation is 3. The van der Waals surface area contributed by atoms with Gasteiger partial charge in [-0.05, 0) is 93.1 Å². The van der Waals surface area contributed by atoms with E-state index in [-0.39, 0.29) is 5.41 Å². The second-order valence-electron chi connectivity index (χ2n) is 12.9. The molecule has 0 atom stereocenters. The van der Waals surface area contributed by atoms with Crippen LogP contribution >= 0.6 is 0 Å². The summed E-state index contributed by atoms with van der Waals surface area (Å²) >= 11 is 0. The Morgan fingerprint density at radius 1 is 0.791 bits per heavy atom. The van der Waals surface area contributed by atoms with Crippen molar-refractivity contribution >= 4 is 16.6 Å². The van der Waals surface area contributed by atoms with E-state index in [2.05, 4.69) is 127 Å². The molecule has 1 aliphatic rings. The van der Waals surface area contributed by atoms with Crippen molar-refractivity contribution in [2.24, 2.45) is 0 Å². The van der Waals surface area contributed by atoms with Crippen LogP contribution in [0, 0.1) is 20.8 Å². The minimum absolute atomic E-state index is 0.0108. The molecule has 5 aromatic rings. The third kappa shape index (κ3) is 5.27. The maximum absolute atomic E-state index is 6.50. The molecule has 2 aromatic heterocycles. The normalized spacial score (nSPS) is 13.9. The molecule has 0 unspecified atom stereocenters. The maximum atomic E-state index is 6.50. The van der Waals surface area contributed by atoms with Gasteiger partial charge < -0.3 is 14.5 Å². The van der Waals surface area contributed by atoms with E-state index in [1.54, 1.807) is 0 Å². The molecular formula is C37H41N5O. The van der Waals surface area contributed by atoms with Gasteiger partial charge in [-0.15, -0.1) is 0 Å². The van der Waals surface area contributed by atoms with Crippen LogP contribution in [0.3, 0.4) is 0 Å². The standard InChI is InChI=1S/C37H41N5O/c1-23-17-24(2)35(25(3)18-23)36-32-14-13-31(21-33(32)42(39-36)34-19-28(15-16-38-34)37(6,7)8)43-30-12-10-11-29(20-30)41-22-40(9)26(4)27(41)5/h10-21H,22H2,1-9H3. The van der Waals surface area contributed by atoms with Crippen molar-refractivity contribution in [1.82, 2.24) is 19.7 Å². The number of nitrogens with zero attached hydrogens (tertiary/aromatic N) is 5. The Kier molecular flexibility index (Phi) is 7.04. The molecule has 43 heavy (non-hydrogen) atoms. The smallest absolute Gasteiger partial charge is 0.154 e. The molecule has 0 N–H and O–H groups in total. The summed E-state index contributed by atoms with van der Waals surface area (Å²) in [4.78, 5) is 9.35. The molecule has 1 aliphatic heterocycles. The van der Waals surface area contributed by atoms with Crippen LogP contribution < -0.4 is 9.64 Å². The van der Waals surface area contributed by atoms with Gasteiger partial charge in [0.05, 0.1) is 12.2 Å². The third-order valence-corrected chi connectivity index (χ3v) is 8.61. The van der Waals surface area contributed by atoms with Crippen molar-refractivity contribution in [2.45, 2.75) is 60.8 Å². The van der Waals surface area contributed by atoms with Gasteiger partial charge in [0.15, 0.2) is 5.82 Å². The van der Waals surface area contributed by atoms with Gasteiger partial charge in [0.1, 0.15) is 17.2 Å². The molecule has 0 radical (unpaired) electrons. The topological polar surface area (TPSA) is 46.4 Å². The van der Waals surface area contributed by atoms with Crippen LogP contribution in [-0.4, -0.2) is 33.4 Å². The van der Waals surface area contributed by atoms with Crippen molar-refractivity contribution in [3.8, 4) is 28.6 Å². The first-order valence-electron chi connectivity index (χ1n) is 14.9. The fourth-order valence-electron chi connectivity index (χ4n) is 6.09. The number of rotatable bonds is 5. The molecule has 0 spiro atoms. The number of anilines is 1. The molecular weight excluding hydrogens is 530 g/mol. The highest BCUT2D eigenvalue weighted by molar-refractivity contribution is 5.96. The number of benzene rings is 3. The van der Waals surface area contributed by atoms with E-state index in [1.807, 2.05) is 23.0 Å². The zero-order valence-electron chi connectivity index (χ0n) is 26.8. The summed E-state index contributed by atoms with van der Waals surface area (Å²) in [6, 6.07) is 23.2. The van der Waals surface area contributed by atoms with Gasteiger partial charge in [-0.25, -0.2) is 9.67 Å². The molecule has 6 heteroatoms. The van der Waals surface area contributed by atoms with Crippen LogP contribution in [-0.2, 0) is 5.41 Å². The Hall–Kier alpha value is -4.58. The van der Waals surface area contributed by atoms with E-state index in [9.17, 15) is 0 Å². The molecule has 0 fully saturated rings. The zero-order chi connectivity index (χ0) is 30.6. The second kappa shape index (κ2) is 10.6. The Morgan fingerprint density at radius 3 is 2.19 bits per heavy atom. The summed E-state index contributed by atoms with van der Waals surface area (Å²) < 4.78 is 8.48. The molecule has 3 heterocycles. The lowest BCUT2D eigenvalue weighted by Crippen LogP contribution is -2.24. The fraction of sp³-hybridized carbons (Fsp3) is 0.297. The highest BCUT2D eigenvalue weighted by Gasteiger charge is 2.23. The molecule has 3 aromatic carbocycles. The van der Waals surface area contributed by atoms with Crippen molar-refractivity contribution in [1.29, 1.82) is 0 Å². The molecule has 0 saturated heterocycles. The van der Waals surface area contributed by atoms with E-state index >= 15 is 0 Å². The van der Waals surface area contributed by atoms with Gasteiger partial charge in [0.25, 0.3) is 0 Å². The van der Waals surface area contributed by atoms with Gasteiger partial charge in [-0.2, -0.15) is 5.10 Å². The maximum Gasteiger partial charge on any atom is 0.154 e. The zero-order valence-corrected chi connectivity index (χ0v) is 26.8. The Bertz CT molecular complexity index is 1870. The quantitative estimate of drug-likeness (QED) is 0.211. The van der Waals surface area contributed by atoms with Gasteiger partial charge in [-0.1, -0.05) is 44.5 Å². The van der Waals surface area contributed by atoms with E-state index in [0.29, 0.717) is 0 Å². The molecule has 220 valence electrons. The SMILES string of the molecule is CC1=C(C)N(c2cccc(Oc3ccc4c(-c5c(C)cc(C)cc5C)nn(-c5cc(C(C)(C)C)ccn5)c4c3)c2)CN1C. The van der Waals surface area contributed by atoms with Gasteiger partial charge >= 0.3 is 0 Å². The minimum atomic E-state index is -0.0108. The summed E-state index contributed by atoms with van der Waals surface area (Å²) in [6.45, 7) is 18.3. The predicted octanol–water partition coefficient (Wildman–Crippen LogP) is 9.06. The first-order valence-corrected chi connectivity index (χ1v) is 14.9. The average Bonchev–Trinajstić information content (AvgIpc) is 3.44. The van der Waals surface area contributed by atoms with Crippen LogP contribution in [0.15, 0.2) is 84.3 Å².